The predicted octanol–water partition coefficient (Wildman–Crippen LogP) is 1.06. The summed E-state index contributed by atoms with van der Waals surface area (Å²) in [7, 11) is 0. The predicted molar refractivity (Wildman–Crippen MR) is 64.1 cm³/mol. The summed E-state index contributed by atoms with van der Waals surface area (Å²) in [5.74, 6) is -0.598. The average molecular weight is 264 g/mol. The minimum atomic E-state index is -0.707. The molecule has 7 heteroatoms. The number of nitro groups is 1. The van der Waals surface area contributed by atoms with Gasteiger partial charge in [0.15, 0.2) is 0 Å². The van der Waals surface area contributed by atoms with Crippen LogP contribution in [0, 0.1) is 21.4 Å². The number of aliphatic hydroxyl groups is 1. The van der Waals surface area contributed by atoms with Crippen molar-refractivity contribution in [3.8, 4) is 6.07 Å². The minimum absolute atomic E-state index is 0.0156. The van der Waals surface area contributed by atoms with Gasteiger partial charge in [0.2, 0.25) is 0 Å². The topological polar surface area (TPSA) is 113 Å². The van der Waals surface area contributed by atoms with Gasteiger partial charge in [-0.1, -0.05) is 6.07 Å². The number of nitrogens with zero attached hydrogens (tertiary/aromatic N) is 2. The summed E-state index contributed by atoms with van der Waals surface area (Å²) in [5.41, 5.74) is -0.364. The van der Waals surface area contributed by atoms with Gasteiger partial charge in [-0.3, -0.25) is 14.9 Å². The van der Waals surface area contributed by atoms with Crippen LogP contribution in [0.1, 0.15) is 23.6 Å². The van der Waals surface area contributed by atoms with Crippen molar-refractivity contribution in [1.29, 1.82) is 5.26 Å². The fraction of sp³-hybridized carbons (Fsp3) is 0.333. The second-order valence-electron chi connectivity index (χ2n) is 3.61. The van der Waals surface area contributed by atoms with Gasteiger partial charge in [-0.25, -0.2) is 0 Å². The third-order valence-corrected chi connectivity index (χ3v) is 2.47. The van der Waals surface area contributed by atoms with Crippen molar-refractivity contribution >= 4 is 11.7 Å². The number of hydrogen-bond donors (Lipinski definition) is 1. The number of ether oxygens (including phenoxy) is 1. The molecule has 0 bridgehead atoms. The fourth-order valence-corrected chi connectivity index (χ4v) is 1.69. The van der Waals surface area contributed by atoms with Gasteiger partial charge in [0.1, 0.15) is 0 Å². The van der Waals surface area contributed by atoms with Crippen molar-refractivity contribution in [3.05, 3.63) is 38.9 Å². The molecule has 100 valence electrons. The third-order valence-electron chi connectivity index (χ3n) is 2.47. The van der Waals surface area contributed by atoms with E-state index in [4.69, 9.17) is 15.1 Å². The molecule has 0 saturated carbocycles. The molecule has 0 heterocycles. The summed E-state index contributed by atoms with van der Waals surface area (Å²) in [4.78, 5) is 21.7. The molecule has 0 aliphatic carbocycles. The fourth-order valence-electron chi connectivity index (χ4n) is 1.69. The first-order valence-electron chi connectivity index (χ1n) is 5.50. The molecule has 0 amide bonds. The van der Waals surface area contributed by atoms with Crippen LogP contribution in [0.5, 0.6) is 0 Å². The van der Waals surface area contributed by atoms with Crippen LogP contribution in [-0.4, -0.2) is 22.6 Å². The van der Waals surface area contributed by atoms with E-state index < -0.39 is 23.2 Å². The van der Waals surface area contributed by atoms with Crippen molar-refractivity contribution < 1.29 is 19.6 Å². The van der Waals surface area contributed by atoms with Crippen molar-refractivity contribution in [2.24, 2.45) is 0 Å². The number of benzene rings is 1. The number of hydrogen-bond acceptors (Lipinski definition) is 6. The SMILES string of the molecule is CCOC(=O)Cc1ccc(C#N)c(CO)c1[N+](=O)[O-]. The van der Waals surface area contributed by atoms with Crippen molar-refractivity contribution in [2.75, 3.05) is 6.61 Å². The average Bonchev–Trinajstić information content (AvgIpc) is 2.37. The molecular formula is C12H12N2O5. The monoisotopic (exact) mass is 264 g/mol. The van der Waals surface area contributed by atoms with Crippen LogP contribution >= 0.6 is 0 Å². The van der Waals surface area contributed by atoms with Gasteiger partial charge in [-0.15, -0.1) is 0 Å². The third kappa shape index (κ3) is 3.26. The van der Waals surface area contributed by atoms with Crippen molar-refractivity contribution in [1.82, 2.24) is 0 Å². The number of carbonyl (C=O) groups excluding carboxylic acids is 1. The molecule has 0 aromatic heterocycles. The molecule has 19 heavy (non-hydrogen) atoms. The summed E-state index contributed by atoms with van der Waals surface area (Å²) < 4.78 is 4.72. The number of nitro benzene ring substituents is 1. The maximum absolute atomic E-state index is 11.4. The number of aliphatic hydroxyl groups excluding tert-OH is 1. The van der Waals surface area contributed by atoms with Crippen molar-refractivity contribution in [3.63, 3.8) is 0 Å². The summed E-state index contributed by atoms with van der Waals surface area (Å²) in [5, 5.41) is 29.0. The highest BCUT2D eigenvalue weighted by atomic mass is 16.6. The van der Waals surface area contributed by atoms with E-state index in [0.717, 1.165) is 0 Å². The first-order chi connectivity index (χ1) is 9.04. The molecule has 1 rings (SSSR count). The van der Waals surface area contributed by atoms with Crippen molar-refractivity contribution in [2.45, 2.75) is 20.0 Å². The van der Waals surface area contributed by atoms with Gasteiger partial charge < -0.3 is 9.84 Å². The molecule has 0 aliphatic rings. The zero-order valence-electron chi connectivity index (χ0n) is 10.3. The molecule has 7 nitrogen and oxygen atoms in total. The second kappa shape index (κ2) is 6.47. The van der Waals surface area contributed by atoms with E-state index in [1.165, 1.54) is 12.1 Å². The highest BCUT2D eigenvalue weighted by Crippen LogP contribution is 2.27. The molecule has 1 aromatic rings. The van der Waals surface area contributed by atoms with E-state index in [1.54, 1.807) is 13.0 Å². The molecule has 0 radical (unpaired) electrons. The zero-order valence-corrected chi connectivity index (χ0v) is 10.3. The van der Waals surface area contributed by atoms with Crippen LogP contribution in [0.25, 0.3) is 0 Å². The molecule has 0 aliphatic heterocycles. The number of esters is 1. The van der Waals surface area contributed by atoms with E-state index in [-0.39, 0.29) is 29.7 Å². The van der Waals surface area contributed by atoms with Gasteiger partial charge in [0, 0.05) is 5.56 Å². The molecule has 1 N–H and O–H groups in total. The van der Waals surface area contributed by atoms with Gasteiger partial charge in [0.25, 0.3) is 5.69 Å². The van der Waals surface area contributed by atoms with Crippen LogP contribution in [0.15, 0.2) is 12.1 Å². The van der Waals surface area contributed by atoms with E-state index in [9.17, 15) is 14.9 Å². The number of rotatable bonds is 5. The Morgan fingerprint density at radius 3 is 2.74 bits per heavy atom. The molecule has 0 fully saturated rings. The summed E-state index contributed by atoms with van der Waals surface area (Å²) in [6.45, 7) is 1.16. The Balaban J connectivity index is 3.29. The lowest BCUT2D eigenvalue weighted by Gasteiger charge is -2.07. The summed E-state index contributed by atoms with van der Waals surface area (Å²) in [6.07, 6.45) is -0.275. The Morgan fingerprint density at radius 1 is 1.58 bits per heavy atom. The highest BCUT2D eigenvalue weighted by Gasteiger charge is 2.24. The van der Waals surface area contributed by atoms with Crippen LogP contribution in [-0.2, 0) is 22.6 Å². The van der Waals surface area contributed by atoms with Gasteiger partial charge in [0.05, 0.1) is 41.8 Å². The van der Waals surface area contributed by atoms with E-state index >= 15 is 0 Å². The normalized spacial score (nSPS) is 9.74. The standard InChI is InChI=1S/C12H12N2O5/c1-2-19-11(16)5-8-3-4-9(6-13)10(7-15)12(8)14(17)18/h3-4,15H,2,5,7H2,1H3. The largest absolute Gasteiger partial charge is 0.466 e. The Morgan fingerprint density at radius 2 is 2.26 bits per heavy atom. The van der Waals surface area contributed by atoms with E-state index in [1.807, 2.05) is 0 Å². The molecule has 0 spiro atoms. The lowest BCUT2D eigenvalue weighted by atomic mass is 10.00. The van der Waals surface area contributed by atoms with Gasteiger partial charge in [-0.05, 0) is 13.0 Å². The van der Waals surface area contributed by atoms with Gasteiger partial charge in [-0.2, -0.15) is 5.26 Å². The second-order valence-corrected chi connectivity index (χ2v) is 3.61. The van der Waals surface area contributed by atoms with Gasteiger partial charge >= 0.3 is 5.97 Å². The highest BCUT2D eigenvalue weighted by molar-refractivity contribution is 5.75. The Labute approximate surface area is 109 Å². The smallest absolute Gasteiger partial charge is 0.310 e. The van der Waals surface area contributed by atoms with E-state index in [2.05, 4.69) is 0 Å². The van der Waals surface area contributed by atoms with Crippen LogP contribution in [0.2, 0.25) is 0 Å². The van der Waals surface area contributed by atoms with Crippen LogP contribution in [0.4, 0.5) is 5.69 Å². The molecule has 0 unspecified atom stereocenters. The Hall–Kier alpha value is -2.46. The number of carbonyl (C=O) groups is 1. The lowest BCUT2D eigenvalue weighted by molar-refractivity contribution is -0.386. The summed E-state index contributed by atoms with van der Waals surface area (Å²) >= 11 is 0. The first-order valence-corrected chi connectivity index (χ1v) is 5.50. The summed E-state index contributed by atoms with van der Waals surface area (Å²) in [6, 6.07) is 4.43. The zero-order chi connectivity index (χ0) is 14.4. The quantitative estimate of drug-likeness (QED) is 0.483. The molecular weight excluding hydrogens is 252 g/mol. The maximum Gasteiger partial charge on any atom is 0.310 e. The Bertz CT molecular complexity index is 548. The van der Waals surface area contributed by atoms with Crippen LogP contribution < -0.4 is 0 Å². The maximum atomic E-state index is 11.4. The van der Waals surface area contributed by atoms with Crippen LogP contribution in [0.3, 0.4) is 0 Å². The number of nitriles is 1. The molecule has 1 aromatic carbocycles. The first kappa shape index (κ1) is 14.6. The molecule has 0 atom stereocenters. The Kier molecular flexibility index (Phi) is 4.97. The van der Waals surface area contributed by atoms with E-state index in [0.29, 0.717) is 0 Å². The molecule has 0 saturated heterocycles. The minimum Gasteiger partial charge on any atom is -0.466 e. The lowest BCUT2D eigenvalue weighted by Crippen LogP contribution is -2.11.